The van der Waals surface area contributed by atoms with E-state index in [1.165, 1.54) is 32.3 Å². The second kappa shape index (κ2) is 11.2. The van der Waals surface area contributed by atoms with Crippen LogP contribution in [-0.2, 0) is 20.1 Å². The van der Waals surface area contributed by atoms with Crippen molar-refractivity contribution in [1.82, 2.24) is 9.97 Å². The van der Waals surface area contributed by atoms with Gasteiger partial charge in [-0.2, -0.15) is 0 Å². The Hall–Kier alpha value is -3.63. The Labute approximate surface area is 245 Å². The van der Waals surface area contributed by atoms with Crippen molar-refractivity contribution in [1.29, 1.82) is 0 Å². The number of aromatic nitrogens is 2. The van der Waals surface area contributed by atoms with Gasteiger partial charge in [0.2, 0.25) is 0 Å². The molecule has 3 aromatic carbocycles. The molecule has 0 saturated carbocycles. The van der Waals surface area contributed by atoms with E-state index >= 15 is 0 Å². The van der Waals surface area contributed by atoms with Crippen molar-refractivity contribution in [2.45, 2.75) is 27.7 Å². The van der Waals surface area contributed by atoms with Gasteiger partial charge in [0, 0.05) is 48.0 Å². The standard InChI is InChI=1S/C21H14NOS.C13H12N.Ir/c1-12-10-18(22-11-13(12)2)16-5-3-4-14-15-6-7-19-17(8-9-24-19)21(15)23-20(14)16;1-10-3-6-12(7-4-10)13-8-5-11(2)9-14-13;/h3-4,6-11H,1-2H3;3-6,8-9H,1-2H3;/q2*-1;. The molecule has 195 valence electrons. The first-order valence-corrected chi connectivity index (χ1v) is 13.4. The minimum absolute atomic E-state index is 0. The molecule has 0 aliphatic heterocycles. The third-order valence-corrected chi connectivity index (χ3v) is 7.70. The number of pyridine rings is 2. The number of fused-ring (bicyclic) bond motifs is 5. The van der Waals surface area contributed by atoms with Gasteiger partial charge in [-0.15, -0.1) is 64.9 Å². The fourth-order valence-corrected chi connectivity index (χ4v) is 5.27. The van der Waals surface area contributed by atoms with E-state index < -0.39 is 0 Å². The van der Waals surface area contributed by atoms with Crippen molar-refractivity contribution in [3.8, 4) is 22.5 Å². The van der Waals surface area contributed by atoms with Gasteiger partial charge in [0.1, 0.15) is 5.58 Å². The van der Waals surface area contributed by atoms with Gasteiger partial charge in [-0.1, -0.05) is 47.7 Å². The predicted molar refractivity (Wildman–Crippen MR) is 159 cm³/mol. The minimum Gasteiger partial charge on any atom is -0.500 e. The zero-order valence-electron chi connectivity index (χ0n) is 22.1. The zero-order valence-corrected chi connectivity index (χ0v) is 25.3. The van der Waals surface area contributed by atoms with Gasteiger partial charge in [0.15, 0.2) is 0 Å². The molecule has 0 aliphatic rings. The molecule has 0 aliphatic carbocycles. The van der Waals surface area contributed by atoms with Crippen LogP contribution >= 0.6 is 11.3 Å². The largest absolute Gasteiger partial charge is 0.500 e. The van der Waals surface area contributed by atoms with E-state index in [1.807, 2.05) is 43.6 Å². The number of nitrogens with zero attached hydrogens (tertiary/aromatic N) is 2. The zero-order chi connectivity index (χ0) is 26.2. The summed E-state index contributed by atoms with van der Waals surface area (Å²) in [7, 11) is 0. The molecule has 7 aromatic rings. The Bertz CT molecular complexity index is 1860. The second-order valence-electron chi connectivity index (χ2n) is 9.63. The molecule has 7 rings (SSSR count). The summed E-state index contributed by atoms with van der Waals surface area (Å²) < 4.78 is 7.56. The van der Waals surface area contributed by atoms with Crippen LogP contribution in [0.3, 0.4) is 0 Å². The second-order valence-corrected chi connectivity index (χ2v) is 10.6. The maximum absolute atomic E-state index is 6.32. The number of rotatable bonds is 2. The van der Waals surface area contributed by atoms with E-state index in [0.717, 1.165) is 44.5 Å². The average molecular weight is 703 g/mol. The van der Waals surface area contributed by atoms with Crippen LogP contribution in [-0.4, -0.2) is 9.97 Å². The third-order valence-electron chi connectivity index (χ3n) is 6.81. The van der Waals surface area contributed by atoms with Crippen LogP contribution in [0.2, 0.25) is 0 Å². The van der Waals surface area contributed by atoms with Crippen LogP contribution in [0.4, 0.5) is 0 Å². The molecule has 4 heterocycles. The quantitative estimate of drug-likeness (QED) is 0.169. The van der Waals surface area contributed by atoms with Crippen LogP contribution < -0.4 is 0 Å². The third kappa shape index (κ3) is 5.31. The van der Waals surface area contributed by atoms with Crippen molar-refractivity contribution in [3.05, 3.63) is 119 Å². The predicted octanol–water partition coefficient (Wildman–Crippen LogP) is 9.44. The van der Waals surface area contributed by atoms with E-state index in [-0.39, 0.29) is 20.1 Å². The molecule has 1 radical (unpaired) electrons. The smallest absolute Gasteiger partial charge is 0.129 e. The number of furan rings is 1. The summed E-state index contributed by atoms with van der Waals surface area (Å²) in [5.74, 6) is 0. The molecular weight excluding hydrogens is 677 g/mol. The first-order valence-electron chi connectivity index (χ1n) is 12.6. The summed E-state index contributed by atoms with van der Waals surface area (Å²) in [6, 6.07) is 29.3. The summed E-state index contributed by atoms with van der Waals surface area (Å²) in [6.45, 7) is 8.28. The molecule has 0 fully saturated rings. The topological polar surface area (TPSA) is 38.9 Å². The van der Waals surface area contributed by atoms with Crippen molar-refractivity contribution < 1.29 is 24.5 Å². The van der Waals surface area contributed by atoms with E-state index in [0.29, 0.717) is 0 Å². The summed E-state index contributed by atoms with van der Waals surface area (Å²) >= 11 is 1.74. The first kappa shape index (κ1) is 27.0. The molecule has 5 heteroatoms. The molecule has 0 unspecified atom stereocenters. The maximum Gasteiger partial charge on any atom is 0.129 e. The van der Waals surface area contributed by atoms with Gasteiger partial charge < -0.3 is 14.4 Å². The van der Waals surface area contributed by atoms with Crippen LogP contribution in [0, 0.1) is 39.8 Å². The molecule has 3 nitrogen and oxygen atoms in total. The monoisotopic (exact) mass is 703 g/mol. The number of hydrogen-bond donors (Lipinski definition) is 0. The number of benzene rings is 3. The molecule has 0 amide bonds. The van der Waals surface area contributed by atoms with Gasteiger partial charge in [-0.3, -0.25) is 0 Å². The van der Waals surface area contributed by atoms with Crippen LogP contribution in [0.25, 0.3) is 54.5 Å². The summed E-state index contributed by atoms with van der Waals surface area (Å²) in [6.07, 6.45) is 3.79. The Morgan fingerprint density at radius 3 is 2.23 bits per heavy atom. The average Bonchev–Trinajstić information content (AvgIpc) is 3.56. The Morgan fingerprint density at radius 1 is 0.692 bits per heavy atom. The van der Waals surface area contributed by atoms with Crippen molar-refractivity contribution in [2.24, 2.45) is 0 Å². The van der Waals surface area contributed by atoms with Crippen LogP contribution in [0.5, 0.6) is 0 Å². The Balaban J connectivity index is 0.000000177. The van der Waals surface area contributed by atoms with Gasteiger partial charge in [-0.05, 0) is 60.8 Å². The maximum atomic E-state index is 6.32. The summed E-state index contributed by atoms with van der Waals surface area (Å²) in [4.78, 5) is 8.94. The van der Waals surface area contributed by atoms with E-state index in [9.17, 15) is 0 Å². The Kier molecular flexibility index (Phi) is 7.76. The van der Waals surface area contributed by atoms with E-state index in [1.54, 1.807) is 11.3 Å². The normalized spacial score (nSPS) is 10.9. The van der Waals surface area contributed by atoms with Crippen LogP contribution in [0.15, 0.2) is 88.9 Å². The minimum atomic E-state index is 0. The van der Waals surface area contributed by atoms with E-state index in [4.69, 9.17) is 4.42 Å². The van der Waals surface area contributed by atoms with Crippen LogP contribution in [0.1, 0.15) is 22.3 Å². The summed E-state index contributed by atoms with van der Waals surface area (Å²) in [5, 5.41) is 5.55. The molecule has 0 atom stereocenters. The summed E-state index contributed by atoms with van der Waals surface area (Å²) in [5.41, 5.74) is 10.5. The molecule has 4 aromatic heterocycles. The Morgan fingerprint density at radius 2 is 1.49 bits per heavy atom. The molecule has 0 N–H and O–H groups in total. The SMILES string of the molecule is Cc1c[c-]c(-c2ccc(C)cn2)cc1.Cc1cnc(-c2[c-]ccc3c2oc2c4ccsc4ccc32)cc1C.[Ir]. The fourth-order valence-electron chi connectivity index (χ4n) is 4.48. The van der Waals surface area contributed by atoms with Gasteiger partial charge in [0.05, 0.1) is 5.58 Å². The number of aryl methyl sites for hydroxylation is 4. The van der Waals surface area contributed by atoms with Crippen molar-refractivity contribution >= 4 is 43.4 Å². The number of thiophene rings is 1. The van der Waals surface area contributed by atoms with Crippen molar-refractivity contribution in [2.75, 3.05) is 0 Å². The number of hydrogen-bond acceptors (Lipinski definition) is 4. The first-order chi connectivity index (χ1) is 18.5. The van der Waals surface area contributed by atoms with Crippen molar-refractivity contribution in [3.63, 3.8) is 0 Å². The molecule has 39 heavy (non-hydrogen) atoms. The molecule has 0 saturated heterocycles. The molecule has 0 bridgehead atoms. The van der Waals surface area contributed by atoms with E-state index in [2.05, 4.69) is 90.7 Å². The molecule has 0 spiro atoms. The van der Waals surface area contributed by atoms with Gasteiger partial charge >= 0.3 is 0 Å². The molecular formula is C34H26IrN2OS-2. The fraction of sp³-hybridized carbons (Fsp3) is 0.118. The van der Waals surface area contributed by atoms with Gasteiger partial charge in [-0.25, -0.2) is 0 Å². The van der Waals surface area contributed by atoms with Gasteiger partial charge in [0.25, 0.3) is 0 Å².